The van der Waals surface area contributed by atoms with Gasteiger partial charge in [-0.1, -0.05) is 0 Å². The lowest BCUT2D eigenvalue weighted by Gasteiger charge is -2.27. The summed E-state index contributed by atoms with van der Waals surface area (Å²) in [6.07, 6.45) is -7.63. The molecule has 6 nitrogen and oxygen atoms in total. The molecule has 0 radical (unpaired) electrons. The standard InChI is InChI=1S/C9H12F6N6/c10-6(11)3-5(21-2-1-7(12)19-21)8(18-16)20(17)4-9(13,14)15/h1-2,5-6H,3-4,16-17H2/b18-8-. The Hall–Kier alpha value is -1.98. The number of hydrazine groups is 1. The zero-order valence-corrected chi connectivity index (χ0v) is 10.4. The molecule has 21 heavy (non-hydrogen) atoms. The number of amidine groups is 1. The molecule has 1 unspecified atom stereocenters. The number of hydrogen-bond donors (Lipinski definition) is 2. The first-order valence-electron chi connectivity index (χ1n) is 5.49. The predicted molar refractivity (Wildman–Crippen MR) is 60.4 cm³/mol. The minimum absolute atomic E-state index is 0.0760. The van der Waals surface area contributed by atoms with E-state index in [0.717, 1.165) is 12.3 Å². The van der Waals surface area contributed by atoms with E-state index in [1.807, 2.05) is 0 Å². The zero-order valence-electron chi connectivity index (χ0n) is 10.4. The molecule has 0 amide bonds. The van der Waals surface area contributed by atoms with Gasteiger partial charge in [0.15, 0.2) is 5.84 Å². The van der Waals surface area contributed by atoms with E-state index >= 15 is 0 Å². The molecule has 0 aromatic carbocycles. The topological polar surface area (TPSA) is 85.5 Å². The van der Waals surface area contributed by atoms with E-state index in [1.165, 1.54) is 0 Å². The van der Waals surface area contributed by atoms with E-state index in [-0.39, 0.29) is 5.01 Å². The number of nitrogens with zero attached hydrogens (tertiary/aromatic N) is 4. The van der Waals surface area contributed by atoms with Crippen LogP contribution in [0.4, 0.5) is 26.3 Å². The van der Waals surface area contributed by atoms with Gasteiger partial charge < -0.3 is 5.84 Å². The van der Waals surface area contributed by atoms with E-state index in [4.69, 9.17) is 11.7 Å². The number of alkyl halides is 5. The van der Waals surface area contributed by atoms with Crippen molar-refractivity contribution in [2.75, 3.05) is 6.54 Å². The van der Waals surface area contributed by atoms with Crippen LogP contribution in [-0.4, -0.2) is 39.8 Å². The maximum atomic E-state index is 12.8. The Labute approximate surface area is 114 Å². The highest BCUT2D eigenvalue weighted by molar-refractivity contribution is 5.85. The zero-order chi connectivity index (χ0) is 16.2. The van der Waals surface area contributed by atoms with Crippen LogP contribution in [0.1, 0.15) is 12.5 Å². The summed E-state index contributed by atoms with van der Waals surface area (Å²) in [4.78, 5) is 0. The number of nitrogens with two attached hydrogens (primary N) is 2. The van der Waals surface area contributed by atoms with Crippen LogP contribution in [0.5, 0.6) is 0 Å². The molecule has 0 aliphatic carbocycles. The van der Waals surface area contributed by atoms with Crippen LogP contribution in [0.2, 0.25) is 0 Å². The summed E-state index contributed by atoms with van der Waals surface area (Å²) >= 11 is 0. The van der Waals surface area contributed by atoms with Gasteiger partial charge in [-0.3, -0.25) is 9.69 Å². The monoisotopic (exact) mass is 318 g/mol. The van der Waals surface area contributed by atoms with Crippen molar-refractivity contribution >= 4 is 5.84 Å². The van der Waals surface area contributed by atoms with Crippen LogP contribution in [0.3, 0.4) is 0 Å². The molecule has 0 saturated carbocycles. The average molecular weight is 318 g/mol. The summed E-state index contributed by atoms with van der Waals surface area (Å²) in [6, 6.07) is -0.691. The summed E-state index contributed by atoms with van der Waals surface area (Å²) in [5.41, 5.74) is 0. The minimum atomic E-state index is -4.70. The summed E-state index contributed by atoms with van der Waals surface area (Å²) < 4.78 is 75.5. The van der Waals surface area contributed by atoms with Gasteiger partial charge in [-0.25, -0.2) is 14.6 Å². The van der Waals surface area contributed by atoms with Crippen molar-refractivity contribution in [3.05, 3.63) is 18.2 Å². The van der Waals surface area contributed by atoms with Gasteiger partial charge in [-0.05, 0) is 0 Å². The molecule has 1 aromatic heterocycles. The molecule has 0 aliphatic heterocycles. The Kier molecular flexibility index (Phi) is 5.41. The van der Waals surface area contributed by atoms with Crippen molar-refractivity contribution in [1.82, 2.24) is 14.8 Å². The average Bonchev–Trinajstić information content (AvgIpc) is 2.72. The van der Waals surface area contributed by atoms with Crippen LogP contribution in [0.15, 0.2) is 17.4 Å². The molecule has 4 N–H and O–H groups in total. The lowest BCUT2D eigenvalue weighted by molar-refractivity contribution is -0.138. The van der Waals surface area contributed by atoms with Crippen molar-refractivity contribution in [3.8, 4) is 0 Å². The van der Waals surface area contributed by atoms with Gasteiger partial charge in [0, 0.05) is 18.7 Å². The molecule has 120 valence electrons. The smallest absolute Gasteiger partial charge is 0.321 e. The summed E-state index contributed by atoms with van der Waals surface area (Å²) in [5, 5.41) is 6.32. The summed E-state index contributed by atoms with van der Waals surface area (Å²) in [7, 11) is 0. The first-order chi connectivity index (χ1) is 9.64. The van der Waals surface area contributed by atoms with Gasteiger partial charge in [0.05, 0.1) is 0 Å². The van der Waals surface area contributed by atoms with Gasteiger partial charge in [-0.2, -0.15) is 22.7 Å². The van der Waals surface area contributed by atoms with Gasteiger partial charge in [0.2, 0.25) is 12.4 Å². The normalized spacial score (nSPS) is 14.6. The SMILES string of the molecule is N/N=C(/C(CC(F)F)n1ccc(F)n1)N(N)CC(F)(F)F. The van der Waals surface area contributed by atoms with Gasteiger partial charge in [0.25, 0.3) is 0 Å². The van der Waals surface area contributed by atoms with Gasteiger partial charge in [0.1, 0.15) is 12.6 Å². The fourth-order valence-corrected chi connectivity index (χ4v) is 1.61. The molecule has 0 saturated heterocycles. The molecule has 1 heterocycles. The quantitative estimate of drug-likeness (QED) is 0.281. The molecule has 0 spiro atoms. The maximum absolute atomic E-state index is 12.8. The fourth-order valence-electron chi connectivity index (χ4n) is 1.61. The van der Waals surface area contributed by atoms with E-state index < -0.39 is 43.4 Å². The molecule has 0 bridgehead atoms. The van der Waals surface area contributed by atoms with Crippen molar-refractivity contribution in [1.29, 1.82) is 0 Å². The number of aromatic nitrogens is 2. The third-order valence-corrected chi connectivity index (χ3v) is 2.37. The number of rotatable bonds is 5. The largest absolute Gasteiger partial charge is 0.407 e. The Morgan fingerprint density at radius 2 is 2.05 bits per heavy atom. The highest BCUT2D eigenvalue weighted by atomic mass is 19.4. The third kappa shape index (κ3) is 5.13. The molecule has 1 aromatic rings. The van der Waals surface area contributed by atoms with E-state index in [9.17, 15) is 26.3 Å². The van der Waals surface area contributed by atoms with E-state index in [2.05, 4.69) is 10.2 Å². The van der Waals surface area contributed by atoms with Crippen LogP contribution in [0.25, 0.3) is 0 Å². The van der Waals surface area contributed by atoms with Crippen LogP contribution in [-0.2, 0) is 0 Å². The molecule has 0 fully saturated rings. The van der Waals surface area contributed by atoms with Crippen molar-refractivity contribution in [2.45, 2.75) is 25.1 Å². The Morgan fingerprint density at radius 1 is 1.43 bits per heavy atom. The van der Waals surface area contributed by atoms with E-state index in [1.54, 1.807) is 0 Å². The summed E-state index contributed by atoms with van der Waals surface area (Å²) in [5.74, 6) is 8.40. The predicted octanol–water partition coefficient (Wildman–Crippen LogP) is 1.23. The summed E-state index contributed by atoms with van der Waals surface area (Å²) in [6.45, 7) is -1.66. The second-order valence-corrected chi connectivity index (χ2v) is 3.99. The second kappa shape index (κ2) is 6.65. The number of halogens is 6. The third-order valence-electron chi connectivity index (χ3n) is 2.37. The lowest BCUT2D eigenvalue weighted by Crippen LogP contribution is -2.48. The molecule has 0 aliphatic rings. The first kappa shape index (κ1) is 17.1. The minimum Gasteiger partial charge on any atom is -0.321 e. The first-order valence-corrected chi connectivity index (χ1v) is 5.49. The molecular weight excluding hydrogens is 306 g/mol. The Morgan fingerprint density at radius 3 is 2.43 bits per heavy atom. The molecule has 1 rings (SSSR count). The number of hydrazone groups is 1. The molecule has 1 atom stereocenters. The van der Waals surface area contributed by atoms with Crippen molar-refractivity contribution in [2.24, 2.45) is 16.8 Å². The van der Waals surface area contributed by atoms with Crippen LogP contribution >= 0.6 is 0 Å². The van der Waals surface area contributed by atoms with Crippen LogP contribution in [0, 0.1) is 5.95 Å². The fraction of sp³-hybridized carbons (Fsp3) is 0.556. The highest BCUT2D eigenvalue weighted by Gasteiger charge is 2.35. The number of hydrogen-bond acceptors (Lipinski definition) is 4. The van der Waals surface area contributed by atoms with Gasteiger partial charge >= 0.3 is 6.18 Å². The maximum Gasteiger partial charge on any atom is 0.407 e. The van der Waals surface area contributed by atoms with Crippen molar-refractivity contribution in [3.63, 3.8) is 0 Å². The van der Waals surface area contributed by atoms with Crippen LogP contribution < -0.4 is 11.7 Å². The van der Waals surface area contributed by atoms with Gasteiger partial charge in [-0.15, -0.1) is 5.10 Å². The highest BCUT2D eigenvalue weighted by Crippen LogP contribution is 2.22. The Balaban J connectivity index is 3.05. The lowest BCUT2D eigenvalue weighted by atomic mass is 10.2. The van der Waals surface area contributed by atoms with Crippen molar-refractivity contribution < 1.29 is 26.3 Å². The second-order valence-electron chi connectivity index (χ2n) is 3.99. The molecular formula is C9H12F6N6. The molecule has 12 heteroatoms. The Bertz CT molecular complexity index is 483. The van der Waals surface area contributed by atoms with E-state index in [0.29, 0.717) is 4.68 Å².